The van der Waals surface area contributed by atoms with Gasteiger partial charge in [0.1, 0.15) is 11.5 Å². The summed E-state index contributed by atoms with van der Waals surface area (Å²) in [6.07, 6.45) is 1.52. The van der Waals surface area contributed by atoms with Gasteiger partial charge < -0.3 is 10.2 Å². The van der Waals surface area contributed by atoms with Crippen molar-refractivity contribution in [1.29, 1.82) is 0 Å². The Kier molecular flexibility index (Phi) is 7.41. The van der Waals surface area contributed by atoms with E-state index in [0.717, 1.165) is 18.9 Å². The number of likely N-dealkylation sites (N-methyl/N-ethyl adjacent to an activating group) is 1. The number of nitro groups is 1. The first-order chi connectivity index (χ1) is 15.2. The number of benzene rings is 2. The molecule has 172 valence electrons. The number of anilines is 1. The van der Waals surface area contributed by atoms with Crippen LogP contribution in [0.3, 0.4) is 0 Å². The Morgan fingerprint density at radius 1 is 1.19 bits per heavy atom. The first-order valence-corrected chi connectivity index (χ1v) is 11.7. The summed E-state index contributed by atoms with van der Waals surface area (Å²) in [7, 11) is -3.80. The fraction of sp³-hybridized carbons (Fsp3) is 0.381. The molecular weight excluding hydrogens is 439 g/mol. The average Bonchev–Trinajstić information content (AvgIpc) is 3.32. The van der Waals surface area contributed by atoms with Crippen LogP contribution in [0.4, 0.5) is 15.8 Å². The van der Waals surface area contributed by atoms with Crippen LogP contribution >= 0.6 is 0 Å². The molecule has 0 unspecified atom stereocenters. The first kappa shape index (κ1) is 23.6. The van der Waals surface area contributed by atoms with Crippen molar-refractivity contribution in [2.45, 2.75) is 31.2 Å². The zero-order valence-electron chi connectivity index (χ0n) is 17.7. The van der Waals surface area contributed by atoms with Crippen LogP contribution in [-0.2, 0) is 21.4 Å². The normalized spacial score (nSPS) is 14.3. The van der Waals surface area contributed by atoms with E-state index in [2.05, 4.69) is 5.32 Å². The number of nitrogens with one attached hydrogen (secondary N) is 1. The van der Waals surface area contributed by atoms with Crippen molar-refractivity contribution < 1.29 is 22.5 Å². The van der Waals surface area contributed by atoms with E-state index in [-0.39, 0.29) is 41.1 Å². The third-order valence-corrected chi connectivity index (χ3v) is 7.20. The maximum Gasteiger partial charge on any atom is 0.293 e. The Morgan fingerprint density at radius 3 is 2.44 bits per heavy atom. The second kappa shape index (κ2) is 10.0. The van der Waals surface area contributed by atoms with E-state index in [9.17, 15) is 27.7 Å². The minimum atomic E-state index is -3.80. The molecule has 11 heteroatoms. The van der Waals surface area contributed by atoms with E-state index in [4.69, 9.17) is 0 Å². The zero-order chi connectivity index (χ0) is 23.3. The monoisotopic (exact) mass is 464 g/mol. The predicted octanol–water partition coefficient (Wildman–Crippen LogP) is 2.66. The molecule has 0 aliphatic carbocycles. The molecular formula is C21H25FN4O5S. The SMILES string of the molecule is CCN(CC(=O)NCc1ccc(F)cc1)c1ccc(S(=O)(=O)N2CCCC2)cc1[N+](=O)[O-]. The van der Waals surface area contributed by atoms with Crippen molar-refractivity contribution in [3.05, 3.63) is 64.0 Å². The highest BCUT2D eigenvalue weighted by molar-refractivity contribution is 7.89. The summed E-state index contributed by atoms with van der Waals surface area (Å²) < 4.78 is 39.9. The van der Waals surface area contributed by atoms with E-state index < -0.39 is 14.9 Å². The molecule has 0 spiro atoms. The fourth-order valence-electron chi connectivity index (χ4n) is 3.55. The molecule has 32 heavy (non-hydrogen) atoms. The number of carbonyl (C=O) groups excluding carboxylic acids is 1. The van der Waals surface area contributed by atoms with Crippen molar-refractivity contribution in [3.63, 3.8) is 0 Å². The van der Waals surface area contributed by atoms with Crippen LogP contribution in [-0.4, -0.2) is 49.7 Å². The van der Waals surface area contributed by atoms with Crippen molar-refractivity contribution in [2.75, 3.05) is 31.1 Å². The number of halogens is 1. The lowest BCUT2D eigenvalue weighted by molar-refractivity contribution is -0.384. The Balaban J connectivity index is 1.77. The van der Waals surface area contributed by atoms with Crippen LogP contribution < -0.4 is 10.2 Å². The molecule has 2 aromatic rings. The van der Waals surface area contributed by atoms with Crippen molar-refractivity contribution in [3.8, 4) is 0 Å². The van der Waals surface area contributed by atoms with Gasteiger partial charge in [-0.2, -0.15) is 4.31 Å². The number of hydrogen-bond donors (Lipinski definition) is 1. The van der Waals surface area contributed by atoms with E-state index in [1.54, 1.807) is 19.1 Å². The Morgan fingerprint density at radius 2 is 1.84 bits per heavy atom. The molecule has 1 fully saturated rings. The summed E-state index contributed by atoms with van der Waals surface area (Å²) in [5, 5.41) is 14.4. The number of hydrogen-bond acceptors (Lipinski definition) is 6. The summed E-state index contributed by atoms with van der Waals surface area (Å²) in [6.45, 7) is 2.86. The summed E-state index contributed by atoms with van der Waals surface area (Å²) >= 11 is 0. The number of nitrogens with zero attached hydrogens (tertiary/aromatic N) is 3. The summed E-state index contributed by atoms with van der Waals surface area (Å²) in [4.78, 5) is 24.8. The molecule has 2 aromatic carbocycles. The molecule has 1 saturated heterocycles. The molecule has 0 saturated carbocycles. The second-order valence-electron chi connectivity index (χ2n) is 7.44. The van der Waals surface area contributed by atoms with Gasteiger partial charge in [-0.3, -0.25) is 14.9 Å². The van der Waals surface area contributed by atoms with Gasteiger partial charge in [-0.25, -0.2) is 12.8 Å². The molecule has 1 aliphatic heterocycles. The maximum atomic E-state index is 13.0. The topological polar surface area (TPSA) is 113 Å². The zero-order valence-corrected chi connectivity index (χ0v) is 18.5. The van der Waals surface area contributed by atoms with Crippen molar-refractivity contribution >= 4 is 27.3 Å². The smallest absolute Gasteiger partial charge is 0.293 e. The fourth-order valence-corrected chi connectivity index (χ4v) is 5.09. The molecule has 1 aliphatic rings. The minimum absolute atomic E-state index is 0.133. The van der Waals surface area contributed by atoms with E-state index >= 15 is 0 Å². The highest BCUT2D eigenvalue weighted by atomic mass is 32.2. The van der Waals surface area contributed by atoms with Crippen molar-refractivity contribution in [1.82, 2.24) is 9.62 Å². The Labute approximate surface area is 186 Å². The second-order valence-corrected chi connectivity index (χ2v) is 9.37. The molecule has 1 N–H and O–H groups in total. The molecule has 3 rings (SSSR count). The molecule has 0 atom stereocenters. The number of rotatable bonds is 9. The van der Waals surface area contributed by atoms with Crippen LogP contribution in [0.1, 0.15) is 25.3 Å². The third-order valence-electron chi connectivity index (χ3n) is 5.31. The van der Waals surface area contributed by atoms with E-state index in [1.165, 1.54) is 33.5 Å². The Bertz CT molecular complexity index is 1090. The lowest BCUT2D eigenvalue weighted by Crippen LogP contribution is -2.37. The quantitative estimate of drug-likeness (QED) is 0.451. The molecule has 0 bridgehead atoms. The maximum absolute atomic E-state index is 13.0. The molecule has 1 amide bonds. The van der Waals surface area contributed by atoms with Gasteiger partial charge in [0.05, 0.1) is 16.4 Å². The van der Waals surface area contributed by atoms with Crippen molar-refractivity contribution in [2.24, 2.45) is 0 Å². The van der Waals surface area contributed by atoms with Gasteiger partial charge in [0.2, 0.25) is 15.9 Å². The number of nitro benzene ring substituents is 1. The van der Waals surface area contributed by atoms with Gasteiger partial charge >= 0.3 is 0 Å². The van der Waals surface area contributed by atoms with Gasteiger partial charge in [0.15, 0.2) is 0 Å². The third kappa shape index (κ3) is 5.40. The van der Waals surface area contributed by atoms with Gasteiger partial charge in [0.25, 0.3) is 5.69 Å². The number of carbonyl (C=O) groups is 1. The lowest BCUT2D eigenvalue weighted by Gasteiger charge is -2.23. The number of amides is 1. The molecule has 0 radical (unpaired) electrons. The highest BCUT2D eigenvalue weighted by Gasteiger charge is 2.30. The summed E-state index contributed by atoms with van der Waals surface area (Å²) in [6, 6.07) is 9.46. The summed E-state index contributed by atoms with van der Waals surface area (Å²) in [5.74, 6) is -0.751. The first-order valence-electron chi connectivity index (χ1n) is 10.3. The van der Waals surface area contributed by atoms with Crippen LogP contribution in [0.2, 0.25) is 0 Å². The number of sulfonamides is 1. The van der Waals surface area contributed by atoms with E-state index in [0.29, 0.717) is 25.2 Å². The molecule has 9 nitrogen and oxygen atoms in total. The van der Waals surface area contributed by atoms with Crippen LogP contribution in [0.5, 0.6) is 0 Å². The van der Waals surface area contributed by atoms with Gasteiger partial charge in [-0.1, -0.05) is 12.1 Å². The standard InChI is InChI=1S/C21H25FN4O5S/c1-2-24(15-21(27)23-14-16-5-7-17(22)8-6-16)19-10-9-18(13-20(19)26(28)29)32(30,31)25-11-3-4-12-25/h5-10,13H,2-4,11-12,14-15H2,1H3,(H,23,27). The summed E-state index contributed by atoms with van der Waals surface area (Å²) in [5.41, 5.74) is 0.499. The molecule has 0 aromatic heterocycles. The minimum Gasteiger partial charge on any atom is -0.357 e. The van der Waals surface area contributed by atoms with Crippen LogP contribution in [0.25, 0.3) is 0 Å². The van der Waals surface area contributed by atoms with Crippen LogP contribution in [0, 0.1) is 15.9 Å². The lowest BCUT2D eigenvalue weighted by atomic mass is 10.2. The highest BCUT2D eigenvalue weighted by Crippen LogP contribution is 2.32. The Hall–Kier alpha value is -3.05. The van der Waals surface area contributed by atoms with Gasteiger partial charge in [-0.15, -0.1) is 0 Å². The van der Waals surface area contributed by atoms with Gasteiger partial charge in [0, 0.05) is 32.2 Å². The average molecular weight is 465 g/mol. The molecule has 1 heterocycles. The van der Waals surface area contributed by atoms with Crippen LogP contribution in [0.15, 0.2) is 47.4 Å². The predicted molar refractivity (Wildman–Crippen MR) is 117 cm³/mol. The largest absolute Gasteiger partial charge is 0.357 e. The van der Waals surface area contributed by atoms with Gasteiger partial charge in [-0.05, 0) is 49.6 Å². The van der Waals surface area contributed by atoms with E-state index in [1.807, 2.05) is 0 Å².